The maximum atomic E-state index is 5.33. The Balaban J connectivity index is 1.61. The van der Waals surface area contributed by atoms with Gasteiger partial charge in [0.2, 0.25) is 0 Å². The second kappa shape index (κ2) is 6.69. The molecule has 1 heterocycles. The normalized spacial score (nSPS) is 20.7. The van der Waals surface area contributed by atoms with E-state index in [1.807, 2.05) is 12.1 Å². The van der Waals surface area contributed by atoms with E-state index in [1.165, 1.54) is 11.1 Å². The van der Waals surface area contributed by atoms with Gasteiger partial charge in [-0.25, -0.2) is 4.99 Å². The fraction of sp³-hybridized carbons (Fsp3) is 0.389. The Hall–Kier alpha value is -2.23. The Kier molecular flexibility index (Phi) is 4.47. The summed E-state index contributed by atoms with van der Waals surface area (Å²) in [6.45, 7) is 5.67. The first-order valence-electron chi connectivity index (χ1n) is 7.90. The van der Waals surface area contributed by atoms with Crippen LogP contribution in [0.15, 0.2) is 52.1 Å². The zero-order valence-corrected chi connectivity index (χ0v) is 13.2. The minimum atomic E-state index is 0.468. The molecular weight excluding hydrogens is 274 g/mol. The van der Waals surface area contributed by atoms with Crippen LogP contribution >= 0.6 is 0 Å². The summed E-state index contributed by atoms with van der Waals surface area (Å²) in [5, 5.41) is 6.83. The van der Waals surface area contributed by atoms with Crippen LogP contribution < -0.4 is 10.6 Å². The number of nitrogens with one attached hydrogen (secondary N) is 2. The van der Waals surface area contributed by atoms with Gasteiger partial charge in [-0.15, -0.1) is 0 Å². The molecule has 1 aromatic carbocycles. The van der Waals surface area contributed by atoms with E-state index in [4.69, 9.17) is 4.42 Å². The van der Waals surface area contributed by atoms with Crippen molar-refractivity contribution in [3.05, 3.63) is 59.5 Å². The zero-order valence-electron chi connectivity index (χ0n) is 13.2. The Morgan fingerprint density at radius 3 is 2.86 bits per heavy atom. The van der Waals surface area contributed by atoms with Crippen molar-refractivity contribution in [1.82, 2.24) is 10.6 Å². The van der Waals surface area contributed by atoms with E-state index < -0.39 is 0 Å². The van der Waals surface area contributed by atoms with Gasteiger partial charge in [-0.05, 0) is 43.5 Å². The third kappa shape index (κ3) is 3.50. The van der Waals surface area contributed by atoms with Crippen molar-refractivity contribution in [3.8, 4) is 0 Å². The minimum absolute atomic E-state index is 0.468. The van der Waals surface area contributed by atoms with Crippen LogP contribution in [0.1, 0.15) is 36.1 Å². The first-order chi connectivity index (χ1) is 10.8. The van der Waals surface area contributed by atoms with Gasteiger partial charge in [0.1, 0.15) is 12.3 Å². The summed E-state index contributed by atoms with van der Waals surface area (Å²) < 4.78 is 5.33. The molecule has 2 unspecified atom stereocenters. The molecule has 116 valence electrons. The number of nitrogens with zero attached hydrogens (tertiary/aromatic N) is 1. The Bertz CT molecular complexity index is 634. The molecule has 0 radical (unpaired) electrons. The number of hydrogen-bond donors (Lipinski definition) is 2. The number of furan rings is 1. The summed E-state index contributed by atoms with van der Waals surface area (Å²) in [6, 6.07) is 12.9. The molecule has 2 N–H and O–H groups in total. The lowest BCUT2D eigenvalue weighted by molar-refractivity contribution is 0.512. The number of aryl methyl sites for hydroxylation is 1. The van der Waals surface area contributed by atoms with E-state index in [2.05, 4.69) is 53.7 Å². The highest BCUT2D eigenvalue weighted by Gasteiger charge is 2.39. The summed E-state index contributed by atoms with van der Waals surface area (Å²) in [7, 11) is 0. The predicted octanol–water partition coefficient (Wildman–Crippen LogP) is 3.20. The van der Waals surface area contributed by atoms with E-state index in [-0.39, 0.29) is 0 Å². The molecule has 4 heteroatoms. The van der Waals surface area contributed by atoms with Gasteiger partial charge in [0, 0.05) is 18.5 Å². The quantitative estimate of drug-likeness (QED) is 0.658. The summed E-state index contributed by atoms with van der Waals surface area (Å²) >= 11 is 0. The monoisotopic (exact) mass is 297 g/mol. The van der Waals surface area contributed by atoms with Crippen molar-refractivity contribution in [2.45, 2.75) is 38.8 Å². The van der Waals surface area contributed by atoms with Gasteiger partial charge >= 0.3 is 0 Å². The average Bonchev–Trinajstić information content (AvgIpc) is 3.07. The van der Waals surface area contributed by atoms with Crippen LogP contribution in [0, 0.1) is 6.92 Å². The van der Waals surface area contributed by atoms with Crippen LogP contribution in [0.5, 0.6) is 0 Å². The van der Waals surface area contributed by atoms with Crippen LogP contribution in [0.4, 0.5) is 0 Å². The van der Waals surface area contributed by atoms with E-state index in [9.17, 15) is 0 Å². The summed E-state index contributed by atoms with van der Waals surface area (Å²) in [5.74, 6) is 2.33. The maximum absolute atomic E-state index is 5.33. The smallest absolute Gasteiger partial charge is 0.191 e. The Labute approximate surface area is 131 Å². The van der Waals surface area contributed by atoms with Crippen molar-refractivity contribution in [2.75, 3.05) is 6.54 Å². The molecule has 22 heavy (non-hydrogen) atoms. The third-order valence-corrected chi connectivity index (χ3v) is 4.02. The van der Waals surface area contributed by atoms with Crippen LogP contribution in [0.3, 0.4) is 0 Å². The fourth-order valence-corrected chi connectivity index (χ4v) is 2.76. The average molecular weight is 297 g/mol. The molecule has 0 bridgehead atoms. The lowest BCUT2D eigenvalue weighted by atomic mass is 10.0. The summed E-state index contributed by atoms with van der Waals surface area (Å²) in [6.07, 6.45) is 2.84. The van der Waals surface area contributed by atoms with Crippen LogP contribution in [-0.2, 0) is 6.54 Å². The highest BCUT2D eigenvalue weighted by Crippen LogP contribution is 2.41. The maximum Gasteiger partial charge on any atom is 0.191 e. The SMILES string of the molecule is CCNC(=NCc1ccco1)NC1CC1c1ccccc1C. The van der Waals surface area contributed by atoms with E-state index in [0.717, 1.165) is 24.7 Å². The molecule has 3 rings (SSSR count). The van der Waals surface area contributed by atoms with Gasteiger partial charge < -0.3 is 15.1 Å². The first kappa shape index (κ1) is 14.7. The number of guanidine groups is 1. The van der Waals surface area contributed by atoms with Crippen molar-refractivity contribution in [1.29, 1.82) is 0 Å². The minimum Gasteiger partial charge on any atom is -0.467 e. The Morgan fingerprint density at radius 1 is 1.27 bits per heavy atom. The lowest BCUT2D eigenvalue weighted by Gasteiger charge is -2.11. The van der Waals surface area contributed by atoms with Gasteiger partial charge in [-0.2, -0.15) is 0 Å². The molecule has 1 fully saturated rings. The molecule has 1 aliphatic carbocycles. The summed E-state index contributed by atoms with van der Waals surface area (Å²) in [4.78, 5) is 4.59. The molecule has 0 saturated heterocycles. The van der Waals surface area contributed by atoms with Crippen molar-refractivity contribution >= 4 is 5.96 Å². The standard InChI is InChI=1S/C18H23N3O/c1-3-19-18(20-12-14-8-6-10-22-14)21-17-11-16(17)15-9-5-4-7-13(15)2/h4-10,16-17H,3,11-12H2,1-2H3,(H2,19,20,21). The number of benzene rings is 1. The van der Waals surface area contributed by atoms with Gasteiger partial charge in [0.15, 0.2) is 5.96 Å². The highest BCUT2D eigenvalue weighted by molar-refractivity contribution is 5.80. The van der Waals surface area contributed by atoms with Gasteiger partial charge in [-0.3, -0.25) is 0 Å². The predicted molar refractivity (Wildman–Crippen MR) is 89.0 cm³/mol. The van der Waals surface area contributed by atoms with Crippen LogP contribution in [0.25, 0.3) is 0 Å². The molecule has 1 saturated carbocycles. The van der Waals surface area contributed by atoms with Crippen molar-refractivity contribution < 1.29 is 4.42 Å². The van der Waals surface area contributed by atoms with Crippen LogP contribution in [0.2, 0.25) is 0 Å². The zero-order chi connectivity index (χ0) is 15.4. The molecule has 0 amide bonds. The topological polar surface area (TPSA) is 49.6 Å². The van der Waals surface area contributed by atoms with Gasteiger partial charge in [-0.1, -0.05) is 24.3 Å². The number of aliphatic imine (C=N–C) groups is 1. The molecule has 2 atom stereocenters. The molecule has 1 aliphatic rings. The molecule has 2 aromatic rings. The fourth-order valence-electron chi connectivity index (χ4n) is 2.76. The largest absolute Gasteiger partial charge is 0.467 e. The second-order valence-electron chi connectivity index (χ2n) is 5.72. The van der Waals surface area contributed by atoms with Crippen LogP contribution in [-0.4, -0.2) is 18.5 Å². The molecule has 0 spiro atoms. The molecule has 1 aromatic heterocycles. The van der Waals surface area contributed by atoms with Crippen molar-refractivity contribution in [3.63, 3.8) is 0 Å². The van der Waals surface area contributed by atoms with E-state index in [0.29, 0.717) is 18.5 Å². The summed E-state index contributed by atoms with van der Waals surface area (Å²) in [5.41, 5.74) is 2.82. The Morgan fingerprint density at radius 2 is 2.14 bits per heavy atom. The second-order valence-corrected chi connectivity index (χ2v) is 5.72. The highest BCUT2D eigenvalue weighted by atomic mass is 16.3. The first-order valence-corrected chi connectivity index (χ1v) is 7.90. The van der Waals surface area contributed by atoms with Gasteiger partial charge in [0.25, 0.3) is 0 Å². The molecule has 4 nitrogen and oxygen atoms in total. The molecule has 0 aliphatic heterocycles. The van der Waals surface area contributed by atoms with Crippen molar-refractivity contribution in [2.24, 2.45) is 4.99 Å². The molecular formula is C18H23N3O. The van der Waals surface area contributed by atoms with E-state index in [1.54, 1.807) is 6.26 Å². The third-order valence-electron chi connectivity index (χ3n) is 4.02. The number of rotatable bonds is 5. The van der Waals surface area contributed by atoms with E-state index >= 15 is 0 Å². The number of hydrogen-bond acceptors (Lipinski definition) is 2. The van der Waals surface area contributed by atoms with Gasteiger partial charge in [0.05, 0.1) is 6.26 Å². The lowest BCUT2D eigenvalue weighted by Crippen LogP contribution is -2.39.